The first kappa shape index (κ1) is 17.9. The van der Waals surface area contributed by atoms with Crippen LogP contribution in [0.4, 0.5) is 5.82 Å². The van der Waals surface area contributed by atoms with Crippen molar-refractivity contribution in [2.24, 2.45) is 13.0 Å². The highest BCUT2D eigenvalue weighted by Crippen LogP contribution is 2.20. The number of carbonyl (C=O) groups excluding carboxylic acids is 1. The Morgan fingerprint density at radius 2 is 2.22 bits per heavy atom. The van der Waals surface area contributed by atoms with Gasteiger partial charge in [0.2, 0.25) is 15.9 Å². The second-order valence-corrected chi connectivity index (χ2v) is 7.89. The second kappa shape index (κ2) is 7.41. The highest BCUT2D eigenvalue weighted by atomic mass is 32.2. The van der Waals surface area contributed by atoms with Crippen LogP contribution in [-0.4, -0.2) is 60.9 Å². The largest absolute Gasteiger partial charge is 0.308 e. The van der Waals surface area contributed by atoms with Gasteiger partial charge in [0, 0.05) is 38.4 Å². The van der Waals surface area contributed by atoms with Crippen molar-refractivity contribution in [3.63, 3.8) is 0 Å². The zero-order valence-corrected chi connectivity index (χ0v) is 14.6. The molecule has 2 heterocycles. The molecule has 1 fully saturated rings. The van der Waals surface area contributed by atoms with Crippen molar-refractivity contribution < 1.29 is 13.2 Å². The van der Waals surface area contributed by atoms with Crippen LogP contribution < -0.4 is 10.0 Å². The van der Waals surface area contributed by atoms with E-state index in [1.165, 1.54) is 6.26 Å². The third-order valence-electron chi connectivity index (χ3n) is 4.06. The zero-order valence-electron chi connectivity index (χ0n) is 13.8. The third kappa shape index (κ3) is 5.60. The molecule has 0 aliphatic carbocycles. The van der Waals surface area contributed by atoms with Crippen LogP contribution in [0.15, 0.2) is 12.3 Å². The minimum Gasteiger partial charge on any atom is -0.308 e. The average Bonchev–Trinajstić information content (AvgIpc) is 2.84. The normalized spacial score (nSPS) is 22.9. The lowest BCUT2D eigenvalue weighted by Crippen LogP contribution is -2.51. The zero-order chi connectivity index (χ0) is 17.0. The average molecular weight is 343 g/mol. The van der Waals surface area contributed by atoms with Crippen molar-refractivity contribution >= 4 is 21.7 Å². The van der Waals surface area contributed by atoms with Gasteiger partial charge in [-0.2, -0.15) is 5.10 Å². The molecule has 23 heavy (non-hydrogen) atoms. The van der Waals surface area contributed by atoms with Crippen molar-refractivity contribution in [3.05, 3.63) is 12.3 Å². The number of piperidine rings is 1. The first-order chi connectivity index (χ1) is 10.8. The predicted octanol–water partition coefficient (Wildman–Crippen LogP) is 0.00830. The summed E-state index contributed by atoms with van der Waals surface area (Å²) in [7, 11) is -1.41. The van der Waals surface area contributed by atoms with E-state index in [0.717, 1.165) is 6.42 Å². The van der Waals surface area contributed by atoms with E-state index in [1.807, 2.05) is 6.92 Å². The highest BCUT2D eigenvalue weighted by molar-refractivity contribution is 7.88. The molecule has 0 bridgehead atoms. The summed E-state index contributed by atoms with van der Waals surface area (Å²) >= 11 is 0. The Hall–Kier alpha value is -1.45. The number of hydrogen-bond acceptors (Lipinski definition) is 5. The summed E-state index contributed by atoms with van der Waals surface area (Å²) in [6.45, 7) is 3.73. The monoisotopic (exact) mass is 343 g/mol. The quantitative estimate of drug-likeness (QED) is 0.758. The van der Waals surface area contributed by atoms with E-state index in [1.54, 1.807) is 24.0 Å². The van der Waals surface area contributed by atoms with Crippen LogP contribution in [0, 0.1) is 5.92 Å². The topological polar surface area (TPSA) is 96.3 Å². The first-order valence-corrected chi connectivity index (χ1v) is 9.65. The Balaban J connectivity index is 1.86. The number of anilines is 1. The van der Waals surface area contributed by atoms with Crippen LogP contribution >= 0.6 is 0 Å². The molecule has 1 aromatic heterocycles. The lowest BCUT2D eigenvalue weighted by molar-refractivity contribution is -0.117. The van der Waals surface area contributed by atoms with E-state index >= 15 is 0 Å². The SMILES string of the molecule is CC[C@@H]1CN(CC(=O)Nc2ccn(C)n2)CC[C@@H]1NS(C)(=O)=O. The number of nitrogens with one attached hydrogen (secondary N) is 2. The predicted molar refractivity (Wildman–Crippen MR) is 88.4 cm³/mol. The van der Waals surface area contributed by atoms with Gasteiger partial charge in [-0.1, -0.05) is 13.3 Å². The molecule has 0 unspecified atom stereocenters. The summed E-state index contributed by atoms with van der Waals surface area (Å²) in [5, 5.41) is 6.89. The van der Waals surface area contributed by atoms with Crippen molar-refractivity contribution in [1.82, 2.24) is 19.4 Å². The number of aromatic nitrogens is 2. The number of hydrogen-bond donors (Lipinski definition) is 2. The molecule has 9 heteroatoms. The molecular weight excluding hydrogens is 318 g/mol. The smallest absolute Gasteiger partial charge is 0.239 e. The summed E-state index contributed by atoms with van der Waals surface area (Å²) in [6, 6.07) is 1.69. The Morgan fingerprint density at radius 1 is 1.48 bits per heavy atom. The second-order valence-electron chi connectivity index (χ2n) is 6.11. The molecule has 0 saturated carbocycles. The Bertz CT molecular complexity index is 643. The first-order valence-electron chi connectivity index (χ1n) is 7.76. The van der Waals surface area contributed by atoms with Crippen LogP contribution in [0.2, 0.25) is 0 Å². The molecule has 0 aromatic carbocycles. The lowest BCUT2D eigenvalue weighted by Gasteiger charge is -2.37. The molecule has 1 aliphatic rings. The van der Waals surface area contributed by atoms with Gasteiger partial charge in [-0.15, -0.1) is 0 Å². The van der Waals surface area contributed by atoms with Gasteiger partial charge >= 0.3 is 0 Å². The molecule has 1 aromatic rings. The van der Waals surface area contributed by atoms with Gasteiger partial charge in [0.25, 0.3) is 0 Å². The summed E-state index contributed by atoms with van der Waals surface area (Å²) in [5.74, 6) is 0.646. The maximum atomic E-state index is 12.1. The number of amides is 1. The Labute approximate surface area is 137 Å². The van der Waals surface area contributed by atoms with Crippen LogP contribution in [0.5, 0.6) is 0 Å². The molecule has 8 nitrogen and oxygen atoms in total. The number of carbonyl (C=O) groups is 1. The van der Waals surface area contributed by atoms with E-state index in [4.69, 9.17) is 0 Å². The molecular formula is C14H25N5O3S. The number of sulfonamides is 1. The lowest BCUT2D eigenvalue weighted by atomic mass is 9.91. The van der Waals surface area contributed by atoms with Gasteiger partial charge < -0.3 is 5.32 Å². The minimum atomic E-state index is -3.20. The number of nitrogens with zero attached hydrogens (tertiary/aromatic N) is 3. The standard InChI is InChI=1S/C14H25N5O3S/c1-4-11-9-19(8-5-12(11)17-23(3,21)22)10-14(20)15-13-6-7-18(2)16-13/h6-7,11-12,17H,4-5,8-10H2,1-3H3,(H,15,16,20)/t11-,12+/m1/s1. The molecule has 2 rings (SSSR count). The maximum absolute atomic E-state index is 12.1. The highest BCUT2D eigenvalue weighted by Gasteiger charge is 2.30. The van der Waals surface area contributed by atoms with E-state index in [2.05, 4.69) is 20.0 Å². The molecule has 2 atom stereocenters. The molecule has 0 spiro atoms. The van der Waals surface area contributed by atoms with E-state index < -0.39 is 10.0 Å². The summed E-state index contributed by atoms with van der Waals surface area (Å²) in [4.78, 5) is 14.1. The fourth-order valence-corrected chi connectivity index (χ4v) is 3.82. The number of likely N-dealkylation sites (tertiary alicyclic amines) is 1. The Kier molecular flexibility index (Phi) is 5.77. The van der Waals surface area contributed by atoms with Gasteiger partial charge in [0.05, 0.1) is 12.8 Å². The molecule has 1 aliphatic heterocycles. The van der Waals surface area contributed by atoms with Crippen molar-refractivity contribution in [2.75, 3.05) is 31.2 Å². The van der Waals surface area contributed by atoms with Gasteiger partial charge in [-0.05, 0) is 12.3 Å². The number of aryl methyl sites for hydroxylation is 1. The summed E-state index contributed by atoms with van der Waals surface area (Å²) < 4.78 is 27.2. The van der Waals surface area contributed by atoms with Crippen LogP contribution in [0.1, 0.15) is 19.8 Å². The van der Waals surface area contributed by atoms with Gasteiger partial charge in [0.1, 0.15) is 0 Å². The van der Waals surface area contributed by atoms with Crippen LogP contribution in [-0.2, 0) is 21.9 Å². The van der Waals surface area contributed by atoms with Crippen molar-refractivity contribution in [1.29, 1.82) is 0 Å². The van der Waals surface area contributed by atoms with Gasteiger partial charge in [-0.25, -0.2) is 13.1 Å². The summed E-state index contributed by atoms with van der Waals surface area (Å²) in [6.07, 6.45) is 4.53. The number of rotatable bonds is 6. The van der Waals surface area contributed by atoms with E-state index in [-0.39, 0.29) is 17.9 Å². The van der Waals surface area contributed by atoms with Crippen LogP contribution in [0.25, 0.3) is 0 Å². The maximum Gasteiger partial charge on any atom is 0.239 e. The molecule has 130 valence electrons. The Morgan fingerprint density at radius 3 is 2.78 bits per heavy atom. The van der Waals surface area contributed by atoms with Gasteiger partial charge in [0.15, 0.2) is 5.82 Å². The fourth-order valence-electron chi connectivity index (χ4n) is 2.96. The summed E-state index contributed by atoms with van der Waals surface area (Å²) in [5.41, 5.74) is 0. The molecule has 1 amide bonds. The van der Waals surface area contributed by atoms with E-state index in [0.29, 0.717) is 31.9 Å². The van der Waals surface area contributed by atoms with E-state index in [9.17, 15) is 13.2 Å². The van der Waals surface area contributed by atoms with Crippen molar-refractivity contribution in [2.45, 2.75) is 25.8 Å². The minimum absolute atomic E-state index is 0.0508. The van der Waals surface area contributed by atoms with Gasteiger partial charge in [-0.3, -0.25) is 14.4 Å². The van der Waals surface area contributed by atoms with Crippen LogP contribution in [0.3, 0.4) is 0 Å². The third-order valence-corrected chi connectivity index (χ3v) is 4.79. The molecule has 1 saturated heterocycles. The molecule has 2 N–H and O–H groups in total. The fraction of sp³-hybridized carbons (Fsp3) is 0.714. The van der Waals surface area contributed by atoms with Crippen molar-refractivity contribution in [3.8, 4) is 0 Å². The molecule has 0 radical (unpaired) electrons.